The van der Waals surface area contributed by atoms with Gasteiger partial charge in [0.25, 0.3) is 0 Å². The van der Waals surface area contributed by atoms with Crippen molar-refractivity contribution in [2.75, 3.05) is 0 Å². The number of nitrogens with zero attached hydrogens (tertiary/aromatic N) is 2. The van der Waals surface area contributed by atoms with E-state index in [4.69, 9.17) is 5.73 Å². The lowest BCUT2D eigenvalue weighted by Gasteiger charge is -2.34. The highest BCUT2D eigenvalue weighted by atomic mass is 15.3. The van der Waals surface area contributed by atoms with Crippen LogP contribution in [0.25, 0.3) is 0 Å². The molecule has 1 saturated carbocycles. The third-order valence-corrected chi connectivity index (χ3v) is 4.00. The minimum Gasteiger partial charge on any atom is -0.326 e. The number of benzene rings is 1. The van der Waals surface area contributed by atoms with E-state index in [9.17, 15) is 0 Å². The van der Waals surface area contributed by atoms with Crippen molar-refractivity contribution in [3.8, 4) is 0 Å². The minimum atomic E-state index is 0.227. The fraction of sp³-hybridized carbons (Fsp3) is 0.400. The summed E-state index contributed by atoms with van der Waals surface area (Å²) in [5.41, 5.74) is 7.68. The molecule has 18 heavy (non-hydrogen) atoms. The lowest BCUT2D eigenvalue weighted by atomic mass is 9.79. The van der Waals surface area contributed by atoms with Crippen LogP contribution >= 0.6 is 0 Å². The van der Waals surface area contributed by atoms with Crippen molar-refractivity contribution in [1.29, 1.82) is 0 Å². The lowest BCUT2D eigenvalue weighted by molar-refractivity contribution is 0.261. The van der Waals surface area contributed by atoms with E-state index in [0.717, 1.165) is 12.8 Å². The molecule has 0 saturated heterocycles. The maximum absolute atomic E-state index is 6.25. The van der Waals surface area contributed by atoms with Crippen LogP contribution in [0.2, 0.25) is 0 Å². The van der Waals surface area contributed by atoms with Gasteiger partial charge < -0.3 is 5.73 Å². The standard InChI is InChI=1S/C15H19N3/c16-14-8-7-13(12-5-2-1-3-6-12)11-15(14)18-10-4-9-17-18/h1-6,9-10,13-15H,7-8,11,16H2. The highest BCUT2D eigenvalue weighted by Crippen LogP contribution is 2.37. The van der Waals surface area contributed by atoms with Crippen LogP contribution < -0.4 is 5.73 Å². The molecule has 0 aliphatic heterocycles. The molecule has 0 bridgehead atoms. The molecule has 3 unspecified atom stereocenters. The van der Waals surface area contributed by atoms with Gasteiger partial charge >= 0.3 is 0 Å². The first-order valence-corrected chi connectivity index (χ1v) is 6.64. The van der Waals surface area contributed by atoms with Crippen LogP contribution in [0.3, 0.4) is 0 Å². The minimum absolute atomic E-state index is 0.227. The highest BCUT2D eigenvalue weighted by Gasteiger charge is 2.30. The summed E-state index contributed by atoms with van der Waals surface area (Å²) >= 11 is 0. The average Bonchev–Trinajstić information content (AvgIpc) is 2.94. The van der Waals surface area contributed by atoms with Gasteiger partial charge in [0.05, 0.1) is 6.04 Å². The molecule has 94 valence electrons. The van der Waals surface area contributed by atoms with E-state index in [1.807, 2.05) is 23.1 Å². The molecule has 3 heteroatoms. The maximum Gasteiger partial charge on any atom is 0.0675 e. The van der Waals surface area contributed by atoms with Crippen molar-refractivity contribution in [1.82, 2.24) is 9.78 Å². The van der Waals surface area contributed by atoms with Gasteiger partial charge in [-0.15, -0.1) is 0 Å². The fourth-order valence-corrected chi connectivity index (χ4v) is 2.98. The number of hydrogen-bond acceptors (Lipinski definition) is 2. The Morgan fingerprint density at radius 2 is 1.94 bits per heavy atom. The number of hydrogen-bond donors (Lipinski definition) is 1. The molecule has 0 spiro atoms. The van der Waals surface area contributed by atoms with Crippen molar-refractivity contribution in [3.63, 3.8) is 0 Å². The van der Waals surface area contributed by atoms with E-state index in [-0.39, 0.29) is 6.04 Å². The number of rotatable bonds is 2. The molecule has 0 amide bonds. The van der Waals surface area contributed by atoms with Crippen LogP contribution in [0.4, 0.5) is 0 Å². The quantitative estimate of drug-likeness (QED) is 0.878. The third kappa shape index (κ3) is 2.18. The first kappa shape index (κ1) is 11.5. The second kappa shape index (κ2) is 4.94. The van der Waals surface area contributed by atoms with Gasteiger partial charge in [-0.2, -0.15) is 5.10 Å². The summed E-state index contributed by atoms with van der Waals surface area (Å²) in [5.74, 6) is 0.611. The third-order valence-electron chi connectivity index (χ3n) is 4.00. The Morgan fingerprint density at radius 3 is 2.67 bits per heavy atom. The molecule has 1 fully saturated rings. The smallest absolute Gasteiger partial charge is 0.0675 e. The Kier molecular flexibility index (Phi) is 3.15. The molecule has 1 aliphatic rings. The first-order valence-electron chi connectivity index (χ1n) is 6.64. The van der Waals surface area contributed by atoms with E-state index in [2.05, 4.69) is 35.4 Å². The molecule has 2 aromatic rings. The number of nitrogens with two attached hydrogens (primary N) is 1. The Morgan fingerprint density at radius 1 is 1.11 bits per heavy atom. The van der Waals surface area contributed by atoms with Crippen LogP contribution in [0, 0.1) is 0 Å². The van der Waals surface area contributed by atoms with Gasteiger partial charge in [-0.05, 0) is 36.8 Å². The number of aromatic nitrogens is 2. The van der Waals surface area contributed by atoms with Crippen LogP contribution in [-0.2, 0) is 0 Å². The van der Waals surface area contributed by atoms with E-state index in [1.54, 1.807) is 0 Å². The zero-order valence-electron chi connectivity index (χ0n) is 10.4. The predicted molar refractivity (Wildman–Crippen MR) is 72.3 cm³/mol. The highest BCUT2D eigenvalue weighted by molar-refractivity contribution is 5.20. The van der Waals surface area contributed by atoms with Gasteiger partial charge in [0.15, 0.2) is 0 Å². The van der Waals surface area contributed by atoms with Crippen molar-refractivity contribution in [2.24, 2.45) is 5.73 Å². The topological polar surface area (TPSA) is 43.8 Å². The molecule has 2 N–H and O–H groups in total. The molecule has 1 aromatic carbocycles. The molecule has 3 atom stereocenters. The Hall–Kier alpha value is -1.61. The summed E-state index contributed by atoms with van der Waals surface area (Å²) in [4.78, 5) is 0. The SMILES string of the molecule is NC1CCC(c2ccccc2)CC1n1cccn1. The molecule has 1 heterocycles. The maximum atomic E-state index is 6.25. The van der Waals surface area contributed by atoms with Crippen LogP contribution in [-0.4, -0.2) is 15.8 Å². The van der Waals surface area contributed by atoms with Gasteiger partial charge in [-0.25, -0.2) is 0 Å². The summed E-state index contributed by atoms with van der Waals surface area (Å²) in [6.07, 6.45) is 7.21. The van der Waals surface area contributed by atoms with Crippen LogP contribution in [0.1, 0.15) is 36.8 Å². The molecular formula is C15H19N3. The van der Waals surface area contributed by atoms with Gasteiger partial charge in [-0.1, -0.05) is 30.3 Å². The predicted octanol–water partition coefficient (Wildman–Crippen LogP) is 2.72. The first-order chi connectivity index (χ1) is 8.84. The van der Waals surface area contributed by atoms with E-state index in [1.165, 1.54) is 12.0 Å². The summed E-state index contributed by atoms with van der Waals surface area (Å²) < 4.78 is 2.03. The summed E-state index contributed by atoms with van der Waals surface area (Å²) in [5, 5.41) is 4.36. The van der Waals surface area contributed by atoms with Crippen molar-refractivity contribution < 1.29 is 0 Å². The van der Waals surface area contributed by atoms with Crippen molar-refractivity contribution in [2.45, 2.75) is 37.3 Å². The van der Waals surface area contributed by atoms with E-state index < -0.39 is 0 Å². The zero-order valence-corrected chi connectivity index (χ0v) is 10.4. The van der Waals surface area contributed by atoms with Crippen LogP contribution in [0.15, 0.2) is 48.8 Å². The Balaban J connectivity index is 1.80. The summed E-state index contributed by atoms with van der Waals surface area (Å²) in [6.45, 7) is 0. The van der Waals surface area contributed by atoms with Crippen molar-refractivity contribution in [3.05, 3.63) is 54.4 Å². The zero-order chi connectivity index (χ0) is 12.4. The normalized spacial score (nSPS) is 28.2. The molecule has 0 radical (unpaired) electrons. The average molecular weight is 241 g/mol. The van der Waals surface area contributed by atoms with Gasteiger partial charge in [0.2, 0.25) is 0 Å². The molecule has 1 aromatic heterocycles. The molecular weight excluding hydrogens is 222 g/mol. The molecule has 3 rings (SSSR count). The second-order valence-corrected chi connectivity index (χ2v) is 5.14. The van der Waals surface area contributed by atoms with Crippen LogP contribution in [0.5, 0.6) is 0 Å². The summed E-state index contributed by atoms with van der Waals surface area (Å²) in [7, 11) is 0. The molecule has 3 nitrogen and oxygen atoms in total. The Bertz CT molecular complexity index is 478. The lowest BCUT2D eigenvalue weighted by Crippen LogP contribution is -2.37. The van der Waals surface area contributed by atoms with E-state index >= 15 is 0 Å². The fourth-order valence-electron chi connectivity index (χ4n) is 2.98. The molecule has 1 aliphatic carbocycles. The van der Waals surface area contributed by atoms with Gasteiger partial charge in [0, 0.05) is 18.4 Å². The van der Waals surface area contributed by atoms with Gasteiger partial charge in [0.1, 0.15) is 0 Å². The monoisotopic (exact) mass is 241 g/mol. The largest absolute Gasteiger partial charge is 0.326 e. The van der Waals surface area contributed by atoms with E-state index in [0.29, 0.717) is 12.0 Å². The van der Waals surface area contributed by atoms with Crippen molar-refractivity contribution >= 4 is 0 Å². The summed E-state index contributed by atoms with van der Waals surface area (Å²) in [6, 6.07) is 13.3. The second-order valence-electron chi connectivity index (χ2n) is 5.14. The van der Waals surface area contributed by atoms with Gasteiger partial charge in [-0.3, -0.25) is 4.68 Å². The Labute approximate surface area is 108 Å².